The van der Waals surface area contributed by atoms with Crippen molar-refractivity contribution in [3.8, 4) is 0 Å². The van der Waals surface area contributed by atoms with Gasteiger partial charge in [0.15, 0.2) is 0 Å². The first-order valence-electron chi connectivity index (χ1n) is 8.73. The van der Waals surface area contributed by atoms with Crippen LogP contribution in [0.4, 0.5) is 0 Å². The molecule has 3 nitrogen and oxygen atoms in total. The van der Waals surface area contributed by atoms with E-state index in [1.165, 1.54) is 11.1 Å². The van der Waals surface area contributed by atoms with E-state index in [2.05, 4.69) is 70.5 Å². The molecule has 0 saturated carbocycles. The Bertz CT molecular complexity index is 888. The average Bonchev–Trinajstić information content (AvgIpc) is 2.85. The number of aryl methyl sites for hydroxylation is 3. The fraction of sp³-hybridized carbons (Fsp3) is 0.400. The van der Waals surface area contributed by atoms with E-state index in [1.54, 1.807) is 3.58 Å². The number of rotatable bonds is 4. The van der Waals surface area contributed by atoms with Crippen molar-refractivity contribution in [1.82, 2.24) is 14.5 Å². The first kappa shape index (κ1) is 17.5. The van der Waals surface area contributed by atoms with Gasteiger partial charge in [0.1, 0.15) is 0 Å². The van der Waals surface area contributed by atoms with E-state index in [4.69, 9.17) is 9.97 Å². The minimum atomic E-state index is -2.15. The molecule has 0 atom stereocenters. The van der Waals surface area contributed by atoms with E-state index in [0.29, 0.717) is 0 Å². The van der Waals surface area contributed by atoms with Crippen molar-refractivity contribution in [3.05, 3.63) is 53.0 Å². The van der Waals surface area contributed by atoms with Gasteiger partial charge in [0.2, 0.25) is 0 Å². The summed E-state index contributed by atoms with van der Waals surface area (Å²) in [5.74, 6) is 1.13. The monoisotopic (exact) mass is 429 g/mol. The second-order valence-corrected chi connectivity index (χ2v) is 22.0. The molecule has 4 heteroatoms. The second-order valence-electron chi connectivity index (χ2n) is 7.63. The number of fused-ring (bicyclic) bond motifs is 1. The molecule has 0 unspecified atom stereocenters. The maximum atomic E-state index is 4.88. The van der Waals surface area contributed by atoms with Crippen LogP contribution in [0.5, 0.6) is 0 Å². The van der Waals surface area contributed by atoms with Crippen molar-refractivity contribution in [2.24, 2.45) is 0 Å². The molecule has 3 rings (SSSR count). The summed E-state index contributed by atoms with van der Waals surface area (Å²) >= 11 is -2.15. The molecule has 0 aliphatic carbocycles. The number of imidazole rings is 1. The molecule has 24 heavy (non-hydrogen) atoms. The standard InChI is InChI=1S/C17H18N3.3CH3.Sn/c1-4-15-19-16-12(2)10-13(3)18-17(16)20(15)11-14-8-6-5-7-9-14;;;;/h5-8,10H,4,11H2,1-3H3;3*1H3;. The van der Waals surface area contributed by atoms with E-state index in [9.17, 15) is 0 Å². The predicted octanol–water partition coefficient (Wildman–Crippen LogP) is 4.20. The van der Waals surface area contributed by atoms with E-state index in [0.717, 1.165) is 35.6 Å². The van der Waals surface area contributed by atoms with Crippen LogP contribution in [-0.4, -0.2) is 32.9 Å². The topological polar surface area (TPSA) is 30.7 Å². The summed E-state index contributed by atoms with van der Waals surface area (Å²) in [5.41, 5.74) is 5.80. The number of nitrogens with zero attached hydrogens (tertiary/aromatic N) is 3. The van der Waals surface area contributed by atoms with Gasteiger partial charge in [-0.2, -0.15) is 0 Å². The third kappa shape index (κ3) is 3.23. The van der Waals surface area contributed by atoms with Crippen LogP contribution in [0, 0.1) is 13.8 Å². The number of hydrogen-bond donors (Lipinski definition) is 0. The minimum absolute atomic E-state index is 0.875. The van der Waals surface area contributed by atoms with Crippen LogP contribution in [0.2, 0.25) is 14.8 Å². The van der Waals surface area contributed by atoms with Crippen LogP contribution in [-0.2, 0) is 13.0 Å². The first-order valence-corrected chi connectivity index (χ1v) is 18.7. The van der Waals surface area contributed by atoms with Gasteiger partial charge in [0.25, 0.3) is 0 Å². The van der Waals surface area contributed by atoms with Crippen molar-refractivity contribution in [1.29, 1.82) is 0 Å². The summed E-state index contributed by atoms with van der Waals surface area (Å²) in [4.78, 5) is 17.1. The Morgan fingerprint density at radius 2 is 1.75 bits per heavy atom. The van der Waals surface area contributed by atoms with E-state index in [1.807, 2.05) is 0 Å². The van der Waals surface area contributed by atoms with Crippen molar-refractivity contribution in [2.75, 3.05) is 0 Å². The number of hydrogen-bond acceptors (Lipinski definition) is 2. The Morgan fingerprint density at radius 3 is 2.42 bits per heavy atom. The fourth-order valence-corrected chi connectivity index (χ4v) is 8.36. The Kier molecular flexibility index (Phi) is 4.73. The van der Waals surface area contributed by atoms with Crippen LogP contribution in [0.3, 0.4) is 0 Å². The molecule has 0 N–H and O–H groups in total. The predicted molar refractivity (Wildman–Crippen MR) is 105 cm³/mol. The summed E-state index contributed by atoms with van der Waals surface area (Å²) in [5, 5.41) is 0. The van der Waals surface area contributed by atoms with E-state index >= 15 is 0 Å². The van der Waals surface area contributed by atoms with Crippen molar-refractivity contribution in [3.63, 3.8) is 0 Å². The summed E-state index contributed by atoms with van der Waals surface area (Å²) in [6.07, 6.45) is 0.926. The molecule has 0 amide bonds. The van der Waals surface area contributed by atoms with Gasteiger partial charge in [0, 0.05) is 0 Å². The van der Waals surface area contributed by atoms with Crippen molar-refractivity contribution < 1.29 is 0 Å². The molecular formula is C20H27N3Sn. The van der Waals surface area contributed by atoms with Crippen LogP contribution in [0.15, 0.2) is 30.3 Å². The van der Waals surface area contributed by atoms with Gasteiger partial charge in [0.05, 0.1) is 0 Å². The van der Waals surface area contributed by atoms with Gasteiger partial charge in [-0.25, -0.2) is 0 Å². The van der Waals surface area contributed by atoms with Crippen LogP contribution in [0.1, 0.15) is 29.6 Å². The molecule has 2 aromatic heterocycles. The zero-order valence-corrected chi connectivity index (χ0v) is 18.5. The third-order valence-electron chi connectivity index (χ3n) is 4.57. The number of pyridine rings is 1. The van der Waals surface area contributed by atoms with Gasteiger partial charge in [-0.3, -0.25) is 0 Å². The molecule has 1 aromatic carbocycles. The van der Waals surface area contributed by atoms with Gasteiger partial charge in [-0.05, 0) is 0 Å². The summed E-state index contributed by atoms with van der Waals surface area (Å²) < 4.78 is 3.92. The van der Waals surface area contributed by atoms with E-state index in [-0.39, 0.29) is 0 Å². The van der Waals surface area contributed by atoms with Gasteiger partial charge >= 0.3 is 149 Å². The van der Waals surface area contributed by atoms with Gasteiger partial charge < -0.3 is 0 Å². The Morgan fingerprint density at radius 1 is 1.04 bits per heavy atom. The normalized spacial score (nSPS) is 12.1. The van der Waals surface area contributed by atoms with Crippen LogP contribution >= 0.6 is 0 Å². The number of benzene rings is 1. The molecule has 0 aliphatic rings. The molecule has 0 bridgehead atoms. The Hall–Kier alpha value is -1.36. The molecule has 0 saturated heterocycles. The summed E-state index contributed by atoms with van der Waals surface area (Å²) in [7, 11) is 0. The summed E-state index contributed by atoms with van der Waals surface area (Å²) in [6, 6.07) is 11.1. The molecule has 126 valence electrons. The molecule has 2 heterocycles. The van der Waals surface area contributed by atoms with Crippen molar-refractivity contribution in [2.45, 2.75) is 48.6 Å². The third-order valence-corrected chi connectivity index (χ3v) is 10.6. The second kappa shape index (κ2) is 6.51. The fourth-order valence-electron chi connectivity index (χ4n) is 3.44. The van der Waals surface area contributed by atoms with Crippen molar-refractivity contribution >= 4 is 33.1 Å². The van der Waals surface area contributed by atoms with Crippen LogP contribution < -0.4 is 3.58 Å². The zero-order chi connectivity index (χ0) is 17.5. The van der Waals surface area contributed by atoms with Crippen LogP contribution in [0.25, 0.3) is 11.2 Å². The maximum absolute atomic E-state index is 4.88. The average molecular weight is 428 g/mol. The Labute approximate surface area is 149 Å². The molecule has 3 aromatic rings. The quantitative estimate of drug-likeness (QED) is 0.584. The number of aromatic nitrogens is 3. The first-order chi connectivity index (χ1) is 11.3. The molecule has 0 radical (unpaired) electrons. The Balaban J connectivity index is 2.18. The molecular weight excluding hydrogens is 401 g/mol. The molecule has 0 spiro atoms. The van der Waals surface area contributed by atoms with Gasteiger partial charge in [-0.15, -0.1) is 0 Å². The van der Waals surface area contributed by atoms with Gasteiger partial charge in [-0.1, -0.05) is 0 Å². The SMILES string of the molecule is CCc1nc2c(C)cc(C)nc2n1Cc1cccc[c]1[Sn]([CH3])([CH3])[CH3]. The molecule has 0 aliphatic heterocycles. The molecule has 0 fully saturated rings. The summed E-state index contributed by atoms with van der Waals surface area (Å²) in [6.45, 7) is 7.25. The van der Waals surface area contributed by atoms with E-state index < -0.39 is 18.4 Å². The zero-order valence-electron chi connectivity index (χ0n) is 15.6.